The molecule has 0 N–H and O–H groups in total. The van der Waals surface area contributed by atoms with Crippen LogP contribution in [0.4, 0.5) is 0 Å². The lowest BCUT2D eigenvalue weighted by Crippen LogP contribution is -2.51. The fourth-order valence-electron chi connectivity index (χ4n) is 10.6. The first-order chi connectivity index (χ1) is 21.4. The summed E-state index contributed by atoms with van der Waals surface area (Å²) in [6.07, 6.45) is 16.3. The van der Waals surface area contributed by atoms with Gasteiger partial charge in [-0.25, -0.2) is 9.59 Å². The van der Waals surface area contributed by atoms with Crippen LogP contribution in [0.5, 0.6) is 5.75 Å². The smallest absolute Gasteiger partial charge is 0.344 e. The minimum Gasteiger partial charge on any atom is -0.482 e. The molecule has 0 spiro atoms. The Balaban J connectivity index is 1.05. The van der Waals surface area contributed by atoms with Crippen LogP contribution in [-0.4, -0.2) is 18.7 Å². The molecule has 1 aromatic carbocycles. The molecule has 5 heteroatoms. The average Bonchev–Trinajstić information content (AvgIpc) is 3.36. The summed E-state index contributed by atoms with van der Waals surface area (Å²) in [6, 6.07) is 5.37. The maximum atomic E-state index is 12.9. The van der Waals surface area contributed by atoms with Gasteiger partial charge < -0.3 is 13.9 Å². The SMILES string of the molecule is Cc1c(C)c2ccc(OCC(=O)OC3CCC4(C)C(=CCC5C4CCC4(C)C(C(C)CCCC(C)C)CCC54)C3)cc2oc1=O. The first-order valence-electron chi connectivity index (χ1n) is 18.0. The quantitative estimate of drug-likeness (QED) is 0.159. The van der Waals surface area contributed by atoms with Crippen LogP contribution in [-0.2, 0) is 9.53 Å². The number of carbonyl (C=O) groups is 1. The summed E-state index contributed by atoms with van der Waals surface area (Å²) < 4.78 is 17.2. The fourth-order valence-corrected chi connectivity index (χ4v) is 10.6. The Labute approximate surface area is 270 Å². The number of hydrogen-bond donors (Lipinski definition) is 0. The highest BCUT2D eigenvalue weighted by Gasteiger charge is 2.59. The second-order valence-corrected chi connectivity index (χ2v) is 16.2. The molecule has 0 radical (unpaired) electrons. The molecular weight excluding hydrogens is 560 g/mol. The first-order valence-corrected chi connectivity index (χ1v) is 18.0. The maximum absolute atomic E-state index is 12.9. The van der Waals surface area contributed by atoms with Gasteiger partial charge in [0, 0.05) is 23.4 Å². The van der Waals surface area contributed by atoms with Crippen molar-refractivity contribution < 1.29 is 18.7 Å². The molecule has 2 aromatic rings. The summed E-state index contributed by atoms with van der Waals surface area (Å²) in [6.45, 7) is 16.0. The monoisotopic (exact) mass is 616 g/mol. The van der Waals surface area contributed by atoms with Gasteiger partial charge in [0.05, 0.1) is 0 Å². The molecule has 0 saturated heterocycles. The minimum absolute atomic E-state index is 0.0892. The molecule has 6 rings (SSSR count). The Morgan fingerprint density at radius 2 is 1.80 bits per heavy atom. The molecule has 246 valence electrons. The average molecular weight is 617 g/mol. The molecule has 3 saturated carbocycles. The van der Waals surface area contributed by atoms with Gasteiger partial charge in [0.1, 0.15) is 17.4 Å². The summed E-state index contributed by atoms with van der Waals surface area (Å²) in [5, 5.41) is 0.872. The molecule has 0 amide bonds. The van der Waals surface area contributed by atoms with Crippen LogP contribution in [0, 0.1) is 60.2 Å². The van der Waals surface area contributed by atoms with Crippen LogP contribution in [0.1, 0.15) is 116 Å². The van der Waals surface area contributed by atoms with Crippen LogP contribution in [0.15, 0.2) is 39.1 Å². The van der Waals surface area contributed by atoms with E-state index in [4.69, 9.17) is 13.9 Å². The highest BCUT2D eigenvalue weighted by Crippen LogP contribution is 2.67. The van der Waals surface area contributed by atoms with Gasteiger partial charge in [0.25, 0.3) is 0 Å². The van der Waals surface area contributed by atoms with Crippen LogP contribution in [0.25, 0.3) is 11.0 Å². The molecule has 1 heterocycles. The van der Waals surface area contributed by atoms with E-state index >= 15 is 0 Å². The fraction of sp³-hybridized carbons (Fsp3) is 0.700. The van der Waals surface area contributed by atoms with Crippen molar-refractivity contribution >= 4 is 16.9 Å². The van der Waals surface area contributed by atoms with Gasteiger partial charge in [-0.3, -0.25) is 0 Å². The lowest BCUT2D eigenvalue weighted by Gasteiger charge is -2.58. The van der Waals surface area contributed by atoms with E-state index in [1.54, 1.807) is 13.0 Å². The number of aryl methyl sites for hydroxylation is 1. The zero-order chi connectivity index (χ0) is 32.1. The van der Waals surface area contributed by atoms with Crippen molar-refractivity contribution in [2.75, 3.05) is 6.61 Å². The summed E-state index contributed by atoms with van der Waals surface area (Å²) >= 11 is 0. The van der Waals surface area contributed by atoms with E-state index in [1.165, 1.54) is 56.9 Å². The predicted octanol–water partition coefficient (Wildman–Crippen LogP) is 9.74. The number of hydrogen-bond acceptors (Lipinski definition) is 5. The van der Waals surface area contributed by atoms with Gasteiger partial charge in [-0.15, -0.1) is 0 Å². The number of ether oxygens (including phenoxy) is 2. The highest BCUT2D eigenvalue weighted by molar-refractivity contribution is 5.82. The first kappa shape index (κ1) is 32.4. The number of benzene rings is 1. The second-order valence-electron chi connectivity index (χ2n) is 16.2. The van der Waals surface area contributed by atoms with Crippen molar-refractivity contribution in [3.05, 3.63) is 51.4 Å². The molecule has 45 heavy (non-hydrogen) atoms. The Morgan fingerprint density at radius 1 is 1.00 bits per heavy atom. The van der Waals surface area contributed by atoms with E-state index in [1.807, 2.05) is 19.1 Å². The lowest BCUT2D eigenvalue weighted by atomic mass is 9.47. The van der Waals surface area contributed by atoms with Gasteiger partial charge in [0.2, 0.25) is 0 Å². The summed E-state index contributed by atoms with van der Waals surface area (Å²) in [7, 11) is 0. The standard InChI is InChI=1S/C40H56O5/c1-24(2)9-8-10-25(3)33-15-16-34-32-13-11-28-21-30(17-19-39(28,6)35(32)18-20-40(33,34)7)44-37(41)23-43-29-12-14-31-26(4)27(5)38(42)45-36(31)22-29/h11-12,14,22,24-25,30,32-35H,8-10,13,15-21,23H2,1-7H3. The largest absolute Gasteiger partial charge is 0.482 e. The van der Waals surface area contributed by atoms with Crippen LogP contribution in [0.2, 0.25) is 0 Å². The lowest BCUT2D eigenvalue weighted by molar-refractivity contribution is -0.153. The zero-order valence-corrected chi connectivity index (χ0v) is 28.9. The molecule has 1 aromatic heterocycles. The predicted molar refractivity (Wildman–Crippen MR) is 180 cm³/mol. The Hall–Kier alpha value is -2.56. The molecule has 8 atom stereocenters. The topological polar surface area (TPSA) is 65.7 Å². The van der Waals surface area contributed by atoms with Crippen molar-refractivity contribution in [3.8, 4) is 5.75 Å². The van der Waals surface area contributed by atoms with E-state index in [0.29, 0.717) is 22.3 Å². The molecule has 4 aliphatic carbocycles. The van der Waals surface area contributed by atoms with E-state index in [-0.39, 0.29) is 29.7 Å². The van der Waals surface area contributed by atoms with Crippen LogP contribution >= 0.6 is 0 Å². The van der Waals surface area contributed by atoms with E-state index < -0.39 is 0 Å². The molecule has 8 unspecified atom stereocenters. The van der Waals surface area contributed by atoms with Gasteiger partial charge in [-0.05, 0) is 123 Å². The number of rotatable bonds is 9. The Kier molecular flexibility index (Phi) is 9.04. The Bertz CT molecular complexity index is 1500. The van der Waals surface area contributed by atoms with Crippen molar-refractivity contribution in [1.82, 2.24) is 0 Å². The summed E-state index contributed by atoms with van der Waals surface area (Å²) in [5.74, 6) is 5.10. The second kappa shape index (κ2) is 12.6. The number of fused-ring (bicyclic) bond motifs is 6. The molecule has 5 nitrogen and oxygen atoms in total. The maximum Gasteiger partial charge on any atom is 0.344 e. The third-order valence-electron chi connectivity index (χ3n) is 13.3. The molecule has 4 aliphatic rings. The molecular formula is C40H56O5. The zero-order valence-electron chi connectivity index (χ0n) is 28.9. The van der Waals surface area contributed by atoms with Gasteiger partial charge in [-0.2, -0.15) is 0 Å². The number of allylic oxidation sites excluding steroid dienone is 1. The van der Waals surface area contributed by atoms with Crippen molar-refractivity contribution in [2.24, 2.45) is 46.3 Å². The number of esters is 1. The normalized spacial score (nSPS) is 33.2. The third kappa shape index (κ3) is 6.02. The molecule has 0 bridgehead atoms. The van der Waals surface area contributed by atoms with Gasteiger partial charge in [-0.1, -0.05) is 65.5 Å². The summed E-state index contributed by atoms with van der Waals surface area (Å²) in [5.41, 5.74) is 3.90. The highest BCUT2D eigenvalue weighted by atomic mass is 16.6. The van der Waals surface area contributed by atoms with Crippen molar-refractivity contribution in [3.63, 3.8) is 0 Å². The number of carbonyl (C=O) groups excluding carboxylic acids is 1. The van der Waals surface area contributed by atoms with Crippen LogP contribution < -0.4 is 10.4 Å². The minimum atomic E-state index is -0.346. The van der Waals surface area contributed by atoms with Gasteiger partial charge in [0.15, 0.2) is 6.61 Å². The Morgan fingerprint density at radius 3 is 2.58 bits per heavy atom. The third-order valence-corrected chi connectivity index (χ3v) is 13.3. The van der Waals surface area contributed by atoms with E-state index in [0.717, 1.165) is 65.7 Å². The van der Waals surface area contributed by atoms with E-state index in [9.17, 15) is 9.59 Å². The van der Waals surface area contributed by atoms with Crippen molar-refractivity contribution in [2.45, 2.75) is 125 Å². The summed E-state index contributed by atoms with van der Waals surface area (Å²) in [4.78, 5) is 25.0. The van der Waals surface area contributed by atoms with Crippen molar-refractivity contribution in [1.29, 1.82) is 0 Å². The molecule has 0 aliphatic heterocycles. The van der Waals surface area contributed by atoms with Gasteiger partial charge >= 0.3 is 11.6 Å². The van der Waals surface area contributed by atoms with Crippen LogP contribution in [0.3, 0.4) is 0 Å². The van der Waals surface area contributed by atoms with E-state index in [2.05, 4.69) is 40.7 Å². The molecule has 3 fully saturated rings.